The van der Waals surface area contributed by atoms with Gasteiger partial charge in [0.2, 0.25) is 0 Å². The molecular weight excluding hydrogens is 302 g/mol. The van der Waals surface area contributed by atoms with Crippen molar-refractivity contribution in [2.24, 2.45) is 11.8 Å². The van der Waals surface area contributed by atoms with E-state index >= 15 is 0 Å². The topological polar surface area (TPSA) is 105 Å². The van der Waals surface area contributed by atoms with Crippen LogP contribution in [-0.2, 0) is 23.7 Å². The van der Waals surface area contributed by atoms with Crippen molar-refractivity contribution in [2.45, 2.75) is 30.9 Å². The van der Waals surface area contributed by atoms with Crippen LogP contribution in [-0.4, -0.2) is 28.9 Å². The summed E-state index contributed by atoms with van der Waals surface area (Å²) in [5.74, 6) is -3.98. The van der Waals surface area contributed by atoms with E-state index in [1.165, 1.54) is 0 Å². The molecule has 2 unspecified atom stereocenters. The smallest absolute Gasteiger partial charge is 0.354 e. The fourth-order valence-corrected chi connectivity index (χ4v) is 2.29. The Morgan fingerprint density at radius 2 is 1.90 bits per heavy atom. The number of alkyl halides is 2. The molecule has 0 heterocycles. The molecule has 1 N–H and O–H groups in total. The van der Waals surface area contributed by atoms with E-state index in [2.05, 4.69) is 14.1 Å². The number of hydrogen-bond donors (Lipinski definition) is 1. The van der Waals surface area contributed by atoms with Crippen LogP contribution in [0.2, 0.25) is 0 Å². The third-order valence-corrected chi connectivity index (χ3v) is 3.44. The molecule has 0 aromatic carbocycles. The molecule has 7 nitrogen and oxygen atoms in total. The molecule has 1 fully saturated rings. The number of carboxylic acids is 1. The number of hydrogen-bond acceptors (Lipinski definition) is 7. The fraction of sp³-hybridized carbons (Fsp3) is 0.800. The summed E-state index contributed by atoms with van der Waals surface area (Å²) in [5.41, 5.74) is 0. The lowest BCUT2D eigenvalue weighted by molar-refractivity contribution is -0.777. The van der Waals surface area contributed by atoms with Crippen LogP contribution in [0.25, 0.3) is 0 Å². The third kappa shape index (κ3) is 5.19. The molecule has 1 rings (SSSR count). The molecule has 0 bridgehead atoms. The monoisotopic (exact) mass is 315 g/mol. The van der Waals surface area contributed by atoms with Crippen LogP contribution in [0.3, 0.4) is 0 Å². The highest BCUT2D eigenvalue weighted by Gasteiger charge is 2.39. The van der Waals surface area contributed by atoms with E-state index < -0.39 is 47.7 Å². The van der Waals surface area contributed by atoms with E-state index in [1.807, 2.05) is 0 Å². The molecule has 0 amide bonds. The maximum absolute atomic E-state index is 13.0. The molecule has 1 aliphatic rings. The lowest BCUT2D eigenvalue weighted by Crippen LogP contribution is -2.35. The van der Waals surface area contributed by atoms with E-state index in [1.54, 1.807) is 0 Å². The minimum absolute atomic E-state index is 0.286. The molecule has 0 radical (unpaired) electrons. The first kappa shape index (κ1) is 17.1. The summed E-state index contributed by atoms with van der Waals surface area (Å²) in [7, 11) is 0. The number of esters is 1. The summed E-state index contributed by atoms with van der Waals surface area (Å²) in [6, 6.07) is 0. The quantitative estimate of drug-likeness (QED) is 0.319. The van der Waals surface area contributed by atoms with Gasteiger partial charge in [0.15, 0.2) is 6.61 Å². The van der Waals surface area contributed by atoms with Gasteiger partial charge >= 0.3 is 17.2 Å². The average Bonchev–Trinajstić information content (AvgIpc) is 2.42. The minimum atomic E-state index is -3.66. The SMILES string of the molecule is O=C(O)C1CCCCC1C(=O)OCC(F)(F)SOO[O-]. The van der Waals surface area contributed by atoms with Crippen LogP contribution < -0.4 is 5.26 Å². The Morgan fingerprint density at radius 3 is 2.45 bits per heavy atom. The van der Waals surface area contributed by atoms with Gasteiger partial charge in [0.05, 0.1) is 11.8 Å². The molecule has 1 saturated carbocycles. The van der Waals surface area contributed by atoms with Crippen LogP contribution in [0.5, 0.6) is 0 Å². The molecule has 0 aliphatic heterocycles. The normalized spacial score (nSPS) is 23.4. The van der Waals surface area contributed by atoms with Gasteiger partial charge in [-0.25, -0.2) is 0 Å². The van der Waals surface area contributed by atoms with E-state index in [0.29, 0.717) is 19.3 Å². The second-order valence-corrected chi connectivity index (χ2v) is 5.20. The highest BCUT2D eigenvalue weighted by molar-refractivity contribution is 7.95. The van der Waals surface area contributed by atoms with Crippen molar-refractivity contribution in [3.8, 4) is 0 Å². The van der Waals surface area contributed by atoms with Gasteiger partial charge in [0.1, 0.15) is 12.0 Å². The predicted octanol–water partition coefficient (Wildman–Crippen LogP) is 0.885. The maximum Gasteiger partial charge on any atom is 0.354 e. The van der Waals surface area contributed by atoms with Gasteiger partial charge in [-0.15, -0.1) is 0 Å². The summed E-state index contributed by atoms with van der Waals surface area (Å²) < 4.78 is 33.9. The zero-order valence-corrected chi connectivity index (χ0v) is 11.1. The van der Waals surface area contributed by atoms with Gasteiger partial charge in [-0.2, -0.15) is 13.1 Å². The Hall–Kier alpha value is -0.970. The zero-order valence-electron chi connectivity index (χ0n) is 10.3. The average molecular weight is 315 g/mol. The Kier molecular flexibility index (Phi) is 6.59. The van der Waals surface area contributed by atoms with Crippen molar-refractivity contribution < 1.29 is 42.8 Å². The van der Waals surface area contributed by atoms with Crippen LogP contribution in [0.4, 0.5) is 8.78 Å². The number of aliphatic carboxylic acids is 1. The largest absolute Gasteiger partial charge is 0.691 e. The number of rotatable bonds is 7. The lowest BCUT2D eigenvalue weighted by Gasteiger charge is -2.27. The molecule has 116 valence electrons. The van der Waals surface area contributed by atoms with Gasteiger partial charge in [-0.3, -0.25) is 14.6 Å². The molecule has 0 aromatic heterocycles. The molecule has 2 atom stereocenters. The highest BCUT2D eigenvalue weighted by atomic mass is 32.2. The number of carbonyl (C=O) groups excluding carboxylic acids is 1. The summed E-state index contributed by atoms with van der Waals surface area (Å²) in [6.07, 6.45) is 1.91. The van der Waals surface area contributed by atoms with Gasteiger partial charge in [0.25, 0.3) is 0 Å². The summed E-state index contributed by atoms with van der Waals surface area (Å²) >= 11 is -0.587. The fourth-order valence-electron chi connectivity index (χ4n) is 2.06. The first-order valence-electron chi connectivity index (χ1n) is 5.79. The van der Waals surface area contributed by atoms with Crippen LogP contribution >= 0.6 is 12.0 Å². The maximum atomic E-state index is 13.0. The Labute approximate surface area is 117 Å². The van der Waals surface area contributed by atoms with E-state index in [0.717, 1.165) is 0 Å². The molecule has 10 heteroatoms. The van der Waals surface area contributed by atoms with Crippen molar-refractivity contribution in [1.82, 2.24) is 0 Å². The van der Waals surface area contributed by atoms with Crippen LogP contribution in [0.1, 0.15) is 25.7 Å². The van der Waals surface area contributed by atoms with Crippen molar-refractivity contribution in [3.05, 3.63) is 0 Å². The number of ether oxygens (including phenoxy) is 1. The van der Waals surface area contributed by atoms with Crippen LogP contribution in [0, 0.1) is 11.8 Å². The number of carbonyl (C=O) groups is 2. The van der Waals surface area contributed by atoms with Gasteiger partial charge in [-0.05, 0) is 12.8 Å². The van der Waals surface area contributed by atoms with Gasteiger partial charge in [0, 0.05) is 0 Å². The number of carboxylic acid groups (broad SMARTS) is 1. The Bertz CT molecular complexity index is 352. The summed E-state index contributed by atoms with van der Waals surface area (Å²) in [5, 5.41) is 17.5. The van der Waals surface area contributed by atoms with Crippen LogP contribution in [0.15, 0.2) is 0 Å². The van der Waals surface area contributed by atoms with Gasteiger partial charge in [-0.1, -0.05) is 12.8 Å². The summed E-state index contributed by atoms with van der Waals surface area (Å²) in [4.78, 5) is 22.7. The Morgan fingerprint density at radius 1 is 1.30 bits per heavy atom. The Balaban J connectivity index is 2.50. The summed E-state index contributed by atoms with van der Waals surface area (Å²) in [6.45, 7) is -1.33. The second kappa shape index (κ2) is 7.72. The molecule has 0 spiro atoms. The van der Waals surface area contributed by atoms with E-state index in [-0.39, 0.29) is 6.42 Å². The third-order valence-electron chi connectivity index (χ3n) is 2.95. The molecule has 0 aromatic rings. The van der Waals surface area contributed by atoms with Crippen molar-refractivity contribution in [1.29, 1.82) is 0 Å². The highest BCUT2D eigenvalue weighted by Crippen LogP contribution is 2.33. The minimum Gasteiger partial charge on any atom is -0.691 e. The molecule has 20 heavy (non-hydrogen) atoms. The van der Waals surface area contributed by atoms with E-state index in [9.17, 15) is 23.6 Å². The molecular formula is C10H13F2O7S-. The van der Waals surface area contributed by atoms with E-state index in [4.69, 9.17) is 5.11 Å². The standard InChI is InChI=1S/C10H14F2O7S/c11-10(12,20-19-18-16)5-17-9(15)7-4-2-1-3-6(7)8(13)14/h6-7,16H,1-5H2,(H,13,14)/p-1. The molecule has 1 aliphatic carbocycles. The zero-order chi connectivity index (χ0) is 15.2. The molecule has 0 saturated heterocycles. The lowest BCUT2D eigenvalue weighted by atomic mass is 9.79. The first-order valence-corrected chi connectivity index (χ1v) is 6.53. The van der Waals surface area contributed by atoms with Crippen molar-refractivity contribution in [3.63, 3.8) is 0 Å². The predicted molar refractivity (Wildman–Crippen MR) is 58.8 cm³/mol. The first-order chi connectivity index (χ1) is 9.37. The van der Waals surface area contributed by atoms with Crippen molar-refractivity contribution >= 4 is 24.0 Å². The number of halogens is 2. The van der Waals surface area contributed by atoms with Crippen molar-refractivity contribution in [2.75, 3.05) is 6.61 Å². The second-order valence-electron chi connectivity index (χ2n) is 4.30. The van der Waals surface area contributed by atoms with Gasteiger partial charge < -0.3 is 15.1 Å².